The first-order chi connectivity index (χ1) is 3.81. The summed E-state index contributed by atoms with van der Waals surface area (Å²) < 4.78 is 9.95. The molecular formula is C6H16AlLiO2. The van der Waals surface area contributed by atoms with Crippen LogP contribution in [0.5, 0.6) is 0 Å². The molecule has 0 atom stereocenters. The Kier molecular flexibility index (Phi) is 21.9. The molecule has 0 aromatic rings. The van der Waals surface area contributed by atoms with Crippen molar-refractivity contribution in [2.24, 2.45) is 0 Å². The summed E-state index contributed by atoms with van der Waals surface area (Å²) in [6.07, 6.45) is 0.662. The molecule has 56 valence electrons. The van der Waals surface area contributed by atoms with Crippen LogP contribution in [-0.4, -0.2) is 30.6 Å². The van der Waals surface area contributed by atoms with Gasteiger partial charge in [-0.3, -0.25) is 0 Å². The Morgan fingerprint density at radius 3 is 1.70 bits per heavy atom. The predicted molar refractivity (Wildman–Crippen MR) is 41.3 cm³/mol. The fraction of sp³-hybridized carbons (Fsp3) is 0.833. The molecule has 10 heavy (non-hydrogen) atoms. The fourth-order valence-electron chi connectivity index (χ4n) is 0.448. The molecule has 0 heterocycles. The quantitative estimate of drug-likeness (QED) is 0.363. The smallest absolute Gasteiger partial charge is 1.00 e. The summed E-state index contributed by atoms with van der Waals surface area (Å²) in [6.45, 7) is 7.05. The van der Waals surface area contributed by atoms with Crippen LogP contribution in [0.4, 0.5) is 0 Å². The topological polar surface area (TPSA) is 18.5 Å². The summed E-state index contributed by atoms with van der Waals surface area (Å²) in [6, 6.07) is 0. The molecule has 0 aliphatic carbocycles. The van der Waals surface area contributed by atoms with E-state index in [1.807, 2.05) is 20.8 Å². The molecule has 0 bridgehead atoms. The molecule has 0 rings (SSSR count). The molecule has 0 aliphatic rings. The van der Waals surface area contributed by atoms with E-state index in [1.54, 1.807) is 0 Å². The van der Waals surface area contributed by atoms with Crippen LogP contribution in [0.2, 0.25) is 0 Å². The Morgan fingerprint density at radius 2 is 1.50 bits per heavy atom. The van der Waals surface area contributed by atoms with Crippen LogP contribution in [0, 0.1) is 6.29 Å². The Bertz CT molecular complexity index is 59.1. The van der Waals surface area contributed by atoms with Crippen LogP contribution in [0.3, 0.4) is 0 Å². The third-order valence-corrected chi connectivity index (χ3v) is 0.695. The second kappa shape index (κ2) is 12.7. The molecule has 0 N–H and O–H groups in total. The zero-order valence-electron chi connectivity index (χ0n) is 10.3. The van der Waals surface area contributed by atoms with Gasteiger partial charge < -0.3 is 13.8 Å². The largest absolute Gasteiger partial charge is 3.00 e. The van der Waals surface area contributed by atoms with Crippen molar-refractivity contribution in [2.45, 2.75) is 20.8 Å². The number of ether oxygens (including phenoxy) is 2. The zero-order chi connectivity index (χ0) is 6.41. The third kappa shape index (κ3) is 11.8. The van der Waals surface area contributed by atoms with E-state index in [9.17, 15) is 0 Å². The summed E-state index contributed by atoms with van der Waals surface area (Å²) in [5, 5.41) is 0. The maximum atomic E-state index is 4.98. The Balaban J connectivity index is -0.0000000245. The fourth-order valence-corrected chi connectivity index (χ4v) is 0.448. The number of rotatable bonds is 4. The van der Waals surface area contributed by atoms with Crippen molar-refractivity contribution in [3.8, 4) is 0 Å². The van der Waals surface area contributed by atoms with Crippen LogP contribution in [-0.2, 0) is 9.47 Å². The van der Waals surface area contributed by atoms with Gasteiger partial charge in [0, 0.05) is 13.2 Å². The predicted octanol–water partition coefficient (Wildman–Crippen LogP) is -1.47. The van der Waals surface area contributed by atoms with Crippen molar-refractivity contribution in [1.82, 2.24) is 0 Å². The average Bonchev–Trinajstić information content (AvgIpc) is 1.68. The minimum absolute atomic E-state index is 0. The summed E-state index contributed by atoms with van der Waals surface area (Å²) in [4.78, 5) is 0. The van der Waals surface area contributed by atoms with Gasteiger partial charge >= 0.3 is 36.2 Å². The molecule has 0 saturated heterocycles. The van der Waals surface area contributed by atoms with Crippen molar-refractivity contribution < 1.29 is 32.6 Å². The summed E-state index contributed by atoms with van der Waals surface area (Å²) in [7, 11) is 0. The van der Waals surface area contributed by atoms with Crippen LogP contribution in [0.15, 0.2) is 0 Å². The van der Waals surface area contributed by atoms with E-state index in [4.69, 9.17) is 9.47 Å². The van der Waals surface area contributed by atoms with Crippen LogP contribution >= 0.6 is 0 Å². The van der Waals surface area contributed by atoms with Gasteiger partial charge in [0.05, 0.1) is 0 Å². The van der Waals surface area contributed by atoms with Crippen molar-refractivity contribution in [1.29, 1.82) is 0 Å². The Labute approximate surface area is 90.4 Å². The van der Waals surface area contributed by atoms with Gasteiger partial charge in [0.25, 0.3) is 0 Å². The first-order valence-corrected chi connectivity index (χ1v) is 2.90. The summed E-state index contributed by atoms with van der Waals surface area (Å²) in [5.41, 5.74) is 0. The average molecular weight is 154 g/mol. The molecule has 0 unspecified atom stereocenters. The van der Waals surface area contributed by atoms with Crippen molar-refractivity contribution >= 4 is 17.4 Å². The van der Waals surface area contributed by atoms with Crippen LogP contribution in [0.25, 0.3) is 0 Å². The van der Waals surface area contributed by atoms with Gasteiger partial charge in [0.2, 0.25) is 0 Å². The van der Waals surface area contributed by atoms with Gasteiger partial charge in [0.1, 0.15) is 0 Å². The Hall–Kier alpha value is 1.05. The van der Waals surface area contributed by atoms with E-state index in [2.05, 4.69) is 0 Å². The minimum atomic E-state index is 0. The number of hydrogen-bond acceptors (Lipinski definition) is 2. The Morgan fingerprint density at radius 1 is 1.20 bits per heavy atom. The molecule has 0 aromatic heterocycles. The second-order valence-corrected chi connectivity index (χ2v) is 1.36. The molecule has 0 spiro atoms. The van der Waals surface area contributed by atoms with Crippen molar-refractivity contribution in [3.05, 3.63) is 6.29 Å². The SMILES string of the molecule is CCO[C-](C)OCC.[Al+3].[H-].[H-].[H-].[Li+]. The standard InChI is InChI=1S/C6H13O2.Al.Li.3H/c1-4-7-6(3)8-5-2;;;;;/h4-5H2,1-3H3;;;;;/q-1;+3;+1;3*-1. The number of hydrogen-bond donors (Lipinski definition) is 0. The van der Waals surface area contributed by atoms with Gasteiger partial charge in [-0.25, -0.2) is 0 Å². The van der Waals surface area contributed by atoms with E-state index < -0.39 is 0 Å². The van der Waals surface area contributed by atoms with Gasteiger partial charge in [-0.2, -0.15) is 0 Å². The summed E-state index contributed by atoms with van der Waals surface area (Å²) >= 11 is 0. The zero-order valence-corrected chi connectivity index (χ0v) is 8.46. The first kappa shape index (κ1) is 17.2. The van der Waals surface area contributed by atoms with Crippen molar-refractivity contribution in [2.75, 3.05) is 13.2 Å². The van der Waals surface area contributed by atoms with E-state index in [0.717, 1.165) is 0 Å². The third-order valence-electron chi connectivity index (χ3n) is 0.695. The van der Waals surface area contributed by atoms with Crippen LogP contribution < -0.4 is 18.9 Å². The van der Waals surface area contributed by atoms with Crippen molar-refractivity contribution in [3.63, 3.8) is 0 Å². The molecule has 0 aliphatic heterocycles. The van der Waals surface area contributed by atoms with E-state index in [-0.39, 0.29) is 40.5 Å². The molecule has 0 saturated carbocycles. The maximum absolute atomic E-state index is 4.98. The van der Waals surface area contributed by atoms with Gasteiger partial charge in [0.15, 0.2) is 0 Å². The van der Waals surface area contributed by atoms with Gasteiger partial charge in [-0.05, 0) is 13.8 Å². The maximum Gasteiger partial charge on any atom is 3.00 e. The normalized spacial score (nSPS) is 8.40. The monoisotopic (exact) mass is 154 g/mol. The van der Waals surface area contributed by atoms with Gasteiger partial charge in [-0.1, -0.05) is 6.29 Å². The van der Waals surface area contributed by atoms with Gasteiger partial charge in [-0.15, -0.1) is 6.92 Å². The molecule has 0 amide bonds. The second-order valence-electron chi connectivity index (χ2n) is 1.36. The van der Waals surface area contributed by atoms with E-state index in [1.165, 1.54) is 0 Å². The molecule has 4 heteroatoms. The summed E-state index contributed by atoms with van der Waals surface area (Å²) in [5.74, 6) is 0. The van der Waals surface area contributed by atoms with E-state index in [0.29, 0.717) is 19.5 Å². The molecule has 0 radical (unpaired) electrons. The molecule has 0 fully saturated rings. The molecule has 2 nitrogen and oxygen atoms in total. The first-order valence-electron chi connectivity index (χ1n) is 2.90. The molecular weight excluding hydrogens is 138 g/mol. The van der Waals surface area contributed by atoms with E-state index >= 15 is 0 Å². The van der Waals surface area contributed by atoms with Crippen LogP contribution in [0.1, 0.15) is 25.1 Å². The minimum Gasteiger partial charge on any atom is -1.00 e. The molecule has 0 aromatic carbocycles.